The summed E-state index contributed by atoms with van der Waals surface area (Å²) in [5.41, 5.74) is 1.00. The van der Waals surface area contributed by atoms with Gasteiger partial charge in [0.15, 0.2) is 5.16 Å². The molecule has 2 aromatic heterocycles. The number of benzene rings is 1. The van der Waals surface area contributed by atoms with Crippen molar-refractivity contribution in [2.75, 3.05) is 36.8 Å². The van der Waals surface area contributed by atoms with Crippen LogP contribution >= 0.6 is 23.1 Å². The number of aromatic nitrogens is 3. The first-order valence-corrected chi connectivity index (χ1v) is 13.9. The van der Waals surface area contributed by atoms with Gasteiger partial charge in [0.1, 0.15) is 11.6 Å². The molecule has 1 saturated carbocycles. The standard InChI is InChI=1S/C25H30FN5OS2/c26-19-8-10-20(11-9-19)29-12-14-30(15-13-29)24(32)18-34-25-28-27-23(17-22-7-4-16-33-22)31(25)21-5-2-1-3-6-21/h4,7-11,16,21H,1-3,5-6,12-15,17-18H2. The number of thioether (sulfide) groups is 1. The van der Waals surface area contributed by atoms with Crippen molar-refractivity contribution in [1.29, 1.82) is 0 Å². The van der Waals surface area contributed by atoms with E-state index in [1.807, 2.05) is 4.90 Å². The Morgan fingerprint density at radius 3 is 2.50 bits per heavy atom. The quantitative estimate of drug-likeness (QED) is 0.428. The predicted molar refractivity (Wildman–Crippen MR) is 135 cm³/mol. The SMILES string of the molecule is O=C(CSc1nnc(Cc2cccs2)n1C1CCCCC1)N1CCN(c2ccc(F)cc2)CC1. The zero-order valence-corrected chi connectivity index (χ0v) is 20.9. The van der Waals surface area contributed by atoms with Gasteiger partial charge in [0.05, 0.1) is 5.75 Å². The lowest BCUT2D eigenvalue weighted by molar-refractivity contribution is -0.128. The van der Waals surface area contributed by atoms with E-state index in [-0.39, 0.29) is 11.7 Å². The summed E-state index contributed by atoms with van der Waals surface area (Å²) < 4.78 is 15.5. The molecule has 9 heteroatoms. The highest BCUT2D eigenvalue weighted by molar-refractivity contribution is 7.99. The molecule has 0 N–H and O–H groups in total. The predicted octanol–water partition coefficient (Wildman–Crippen LogP) is 5.02. The molecule has 0 atom stereocenters. The van der Waals surface area contributed by atoms with Crippen molar-refractivity contribution in [3.05, 3.63) is 58.3 Å². The second-order valence-corrected chi connectivity index (χ2v) is 10.9. The van der Waals surface area contributed by atoms with Crippen LogP contribution in [0, 0.1) is 5.82 Å². The molecule has 2 fully saturated rings. The van der Waals surface area contributed by atoms with Gasteiger partial charge < -0.3 is 14.4 Å². The first-order valence-electron chi connectivity index (χ1n) is 12.0. The largest absolute Gasteiger partial charge is 0.368 e. The third-order valence-corrected chi connectivity index (χ3v) is 8.54. The number of carbonyl (C=O) groups excluding carboxylic acids is 1. The van der Waals surface area contributed by atoms with Crippen molar-refractivity contribution >= 4 is 34.7 Å². The summed E-state index contributed by atoms with van der Waals surface area (Å²) in [4.78, 5) is 18.4. The van der Waals surface area contributed by atoms with Crippen molar-refractivity contribution in [3.63, 3.8) is 0 Å². The molecule has 1 aromatic carbocycles. The summed E-state index contributed by atoms with van der Waals surface area (Å²) in [5, 5.41) is 12.0. The summed E-state index contributed by atoms with van der Waals surface area (Å²) in [5.74, 6) is 1.30. The van der Waals surface area contributed by atoms with Gasteiger partial charge >= 0.3 is 0 Å². The maximum atomic E-state index is 13.2. The molecule has 6 nitrogen and oxygen atoms in total. The second kappa shape index (κ2) is 10.9. The van der Waals surface area contributed by atoms with Gasteiger partial charge in [-0.1, -0.05) is 37.1 Å². The Morgan fingerprint density at radius 2 is 1.79 bits per heavy atom. The van der Waals surface area contributed by atoms with Crippen molar-refractivity contribution in [1.82, 2.24) is 19.7 Å². The summed E-state index contributed by atoms with van der Waals surface area (Å²) in [6.45, 7) is 2.86. The average molecular weight is 500 g/mol. The van der Waals surface area contributed by atoms with Crippen molar-refractivity contribution in [3.8, 4) is 0 Å². The van der Waals surface area contributed by atoms with E-state index in [2.05, 4.69) is 37.2 Å². The van der Waals surface area contributed by atoms with Crippen LogP contribution in [-0.4, -0.2) is 57.5 Å². The Morgan fingerprint density at radius 1 is 1.03 bits per heavy atom. The first-order chi connectivity index (χ1) is 16.7. The number of rotatable bonds is 7. The lowest BCUT2D eigenvalue weighted by Crippen LogP contribution is -2.49. The van der Waals surface area contributed by atoms with E-state index in [0.29, 0.717) is 24.9 Å². The molecule has 3 aromatic rings. The molecule has 5 rings (SSSR count). The molecule has 2 aliphatic rings. The molecule has 1 aliphatic carbocycles. The molecule has 34 heavy (non-hydrogen) atoms. The van der Waals surface area contributed by atoms with E-state index < -0.39 is 0 Å². The smallest absolute Gasteiger partial charge is 0.233 e. The fourth-order valence-corrected chi connectivity index (χ4v) is 6.51. The number of thiophene rings is 1. The highest BCUT2D eigenvalue weighted by Gasteiger charge is 2.26. The Labute approximate surface area is 208 Å². The number of anilines is 1. The second-order valence-electron chi connectivity index (χ2n) is 8.95. The third-order valence-electron chi connectivity index (χ3n) is 6.74. The number of carbonyl (C=O) groups is 1. The van der Waals surface area contributed by atoms with Gasteiger partial charge in [-0.3, -0.25) is 4.79 Å². The van der Waals surface area contributed by atoms with Crippen LogP contribution in [0.15, 0.2) is 46.9 Å². The summed E-state index contributed by atoms with van der Waals surface area (Å²) in [6.07, 6.45) is 6.88. The van der Waals surface area contributed by atoms with Gasteiger partial charge in [-0.15, -0.1) is 21.5 Å². The van der Waals surface area contributed by atoms with Gasteiger partial charge in [-0.2, -0.15) is 0 Å². The summed E-state index contributed by atoms with van der Waals surface area (Å²) in [6, 6.07) is 11.2. The van der Waals surface area contributed by atoms with E-state index in [0.717, 1.165) is 49.0 Å². The number of nitrogens with zero attached hydrogens (tertiary/aromatic N) is 5. The third kappa shape index (κ3) is 5.46. The van der Waals surface area contributed by atoms with Gasteiger partial charge in [0.25, 0.3) is 0 Å². The summed E-state index contributed by atoms with van der Waals surface area (Å²) >= 11 is 3.27. The van der Waals surface area contributed by atoms with Crippen molar-refractivity contribution in [2.45, 2.75) is 49.7 Å². The van der Waals surface area contributed by atoms with Crippen LogP contribution in [0.4, 0.5) is 10.1 Å². The Bertz CT molecular complexity index is 1070. The zero-order chi connectivity index (χ0) is 23.3. The first kappa shape index (κ1) is 23.4. The van der Waals surface area contributed by atoms with Gasteiger partial charge in [0, 0.05) is 49.2 Å². The molecular weight excluding hydrogens is 469 g/mol. The van der Waals surface area contributed by atoms with Crippen LogP contribution in [0.5, 0.6) is 0 Å². The fourth-order valence-electron chi connectivity index (χ4n) is 4.88. The van der Waals surface area contributed by atoms with Gasteiger partial charge in [-0.05, 0) is 48.6 Å². The van der Waals surface area contributed by atoms with E-state index in [1.165, 1.54) is 48.0 Å². The van der Waals surface area contributed by atoms with Crippen LogP contribution in [-0.2, 0) is 11.2 Å². The van der Waals surface area contributed by atoms with E-state index in [1.54, 1.807) is 23.5 Å². The average Bonchev–Trinajstić information content (AvgIpc) is 3.54. The fraction of sp³-hybridized carbons (Fsp3) is 0.480. The van der Waals surface area contributed by atoms with Crippen molar-refractivity contribution < 1.29 is 9.18 Å². The van der Waals surface area contributed by atoms with E-state index >= 15 is 0 Å². The molecular formula is C25H30FN5OS2. The van der Waals surface area contributed by atoms with Crippen LogP contribution in [0.1, 0.15) is 48.8 Å². The molecule has 1 amide bonds. The lowest BCUT2D eigenvalue weighted by Gasteiger charge is -2.36. The van der Waals surface area contributed by atoms with Crippen LogP contribution in [0.3, 0.4) is 0 Å². The Kier molecular flexibility index (Phi) is 7.49. The number of halogens is 1. The highest BCUT2D eigenvalue weighted by Crippen LogP contribution is 2.33. The molecule has 0 spiro atoms. The molecule has 1 aliphatic heterocycles. The maximum Gasteiger partial charge on any atom is 0.233 e. The number of hydrogen-bond donors (Lipinski definition) is 0. The van der Waals surface area contributed by atoms with Gasteiger partial charge in [0.2, 0.25) is 5.91 Å². The number of piperazine rings is 1. The molecule has 3 heterocycles. The lowest BCUT2D eigenvalue weighted by atomic mass is 9.95. The summed E-state index contributed by atoms with van der Waals surface area (Å²) in [7, 11) is 0. The number of hydrogen-bond acceptors (Lipinski definition) is 6. The topological polar surface area (TPSA) is 54.3 Å². The monoisotopic (exact) mass is 499 g/mol. The molecule has 0 unspecified atom stereocenters. The van der Waals surface area contributed by atoms with Crippen molar-refractivity contribution in [2.24, 2.45) is 0 Å². The minimum atomic E-state index is -0.228. The van der Waals surface area contributed by atoms with E-state index in [9.17, 15) is 9.18 Å². The molecule has 0 radical (unpaired) electrons. The minimum Gasteiger partial charge on any atom is -0.368 e. The molecule has 0 bridgehead atoms. The van der Waals surface area contributed by atoms with Crippen LogP contribution in [0.25, 0.3) is 0 Å². The maximum absolute atomic E-state index is 13.2. The highest BCUT2D eigenvalue weighted by atomic mass is 32.2. The number of amides is 1. The zero-order valence-electron chi connectivity index (χ0n) is 19.2. The van der Waals surface area contributed by atoms with E-state index in [4.69, 9.17) is 0 Å². The normalized spacial score (nSPS) is 17.3. The van der Waals surface area contributed by atoms with Gasteiger partial charge in [-0.25, -0.2) is 4.39 Å². The molecule has 180 valence electrons. The molecule has 1 saturated heterocycles. The Balaban J connectivity index is 1.21. The van der Waals surface area contributed by atoms with Crippen LogP contribution < -0.4 is 4.90 Å². The minimum absolute atomic E-state index is 0.141. The Hall–Kier alpha value is -2.39. The van der Waals surface area contributed by atoms with Crippen LogP contribution in [0.2, 0.25) is 0 Å².